The maximum absolute atomic E-state index is 11.9. The van der Waals surface area contributed by atoms with E-state index in [1.807, 2.05) is 0 Å². The molecule has 3 atom stereocenters. The smallest absolute Gasteiger partial charge is 0.323 e. The van der Waals surface area contributed by atoms with Crippen LogP contribution in [0.1, 0.15) is 51.9 Å². The molecule has 0 aromatic heterocycles. The van der Waals surface area contributed by atoms with Gasteiger partial charge >= 0.3 is 5.97 Å². The van der Waals surface area contributed by atoms with Gasteiger partial charge in [-0.15, -0.1) is 0 Å². The van der Waals surface area contributed by atoms with Gasteiger partial charge in [-0.3, -0.25) is 4.79 Å². The highest BCUT2D eigenvalue weighted by molar-refractivity contribution is 5.76. The number of rotatable bonds is 2. The van der Waals surface area contributed by atoms with Crippen molar-refractivity contribution in [3.63, 3.8) is 0 Å². The van der Waals surface area contributed by atoms with Crippen molar-refractivity contribution < 1.29 is 9.53 Å². The minimum absolute atomic E-state index is 0.0150. The number of nitrogens with one attached hydrogen (secondary N) is 1. The summed E-state index contributed by atoms with van der Waals surface area (Å²) in [5.41, 5.74) is 0. The van der Waals surface area contributed by atoms with Gasteiger partial charge in [0.15, 0.2) is 0 Å². The number of piperidine rings is 1. The number of ether oxygens (including phenoxy) is 1. The molecule has 0 bridgehead atoms. The van der Waals surface area contributed by atoms with Crippen LogP contribution < -0.4 is 5.32 Å². The van der Waals surface area contributed by atoms with Crippen molar-refractivity contribution in [1.29, 1.82) is 0 Å². The Morgan fingerprint density at radius 1 is 1.19 bits per heavy atom. The van der Waals surface area contributed by atoms with Crippen molar-refractivity contribution in [3.05, 3.63) is 0 Å². The van der Waals surface area contributed by atoms with Crippen molar-refractivity contribution >= 4 is 5.97 Å². The van der Waals surface area contributed by atoms with Crippen molar-refractivity contribution in [2.24, 2.45) is 5.92 Å². The highest BCUT2D eigenvalue weighted by Crippen LogP contribution is 2.26. The Hall–Kier alpha value is -0.570. The molecule has 0 amide bonds. The summed E-state index contributed by atoms with van der Waals surface area (Å²) in [6, 6.07) is -0.0361. The van der Waals surface area contributed by atoms with Gasteiger partial charge in [0.1, 0.15) is 12.1 Å². The van der Waals surface area contributed by atoms with E-state index < -0.39 is 0 Å². The Morgan fingerprint density at radius 3 is 2.75 bits per heavy atom. The summed E-state index contributed by atoms with van der Waals surface area (Å²) in [4.78, 5) is 11.9. The molecule has 1 heterocycles. The van der Waals surface area contributed by atoms with Gasteiger partial charge in [-0.1, -0.05) is 19.8 Å². The van der Waals surface area contributed by atoms with Crippen LogP contribution in [0.4, 0.5) is 0 Å². The Kier molecular flexibility index (Phi) is 4.22. The van der Waals surface area contributed by atoms with Gasteiger partial charge in [-0.25, -0.2) is 0 Å². The second-order valence-corrected chi connectivity index (χ2v) is 5.33. The van der Waals surface area contributed by atoms with Crippen LogP contribution in [0, 0.1) is 5.92 Å². The first kappa shape index (κ1) is 11.9. The number of hydrogen-bond acceptors (Lipinski definition) is 3. The largest absolute Gasteiger partial charge is 0.461 e. The second-order valence-electron chi connectivity index (χ2n) is 5.33. The zero-order valence-corrected chi connectivity index (χ0v) is 10.2. The number of carbonyl (C=O) groups excluding carboxylic acids is 1. The lowest BCUT2D eigenvalue weighted by Gasteiger charge is -2.29. The fourth-order valence-corrected chi connectivity index (χ4v) is 2.78. The van der Waals surface area contributed by atoms with Gasteiger partial charge in [0.2, 0.25) is 0 Å². The van der Waals surface area contributed by atoms with E-state index in [0.29, 0.717) is 5.92 Å². The Balaban J connectivity index is 1.77. The maximum Gasteiger partial charge on any atom is 0.323 e. The van der Waals surface area contributed by atoms with Crippen LogP contribution in [0.5, 0.6) is 0 Å². The van der Waals surface area contributed by atoms with Crippen molar-refractivity contribution in [3.8, 4) is 0 Å². The summed E-state index contributed by atoms with van der Waals surface area (Å²) in [7, 11) is 0. The van der Waals surface area contributed by atoms with Crippen LogP contribution in [-0.4, -0.2) is 24.7 Å². The normalized spacial score (nSPS) is 35.7. The molecule has 1 saturated carbocycles. The number of hydrogen-bond donors (Lipinski definition) is 1. The molecule has 2 fully saturated rings. The van der Waals surface area contributed by atoms with E-state index in [9.17, 15) is 4.79 Å². The summed E-state index contributed by atoms with van der Waals surface area (Å²) in [6.07, 6.45) is 8.06. The highest BCUT2D eigenvalue weighted by Gasteiger charge is 2.27. The molecule has 16 heavy (non-hydrogen) atoms. The molecular weight excluding hydrogens is 202 g/mol. The molecular formula is C13H23NO2. The topological polar surface area (TPSA) is 38.3 Å². The van der Waals surface area contributed by atoms with Gasteiger partial charge in [0.05, 0.1) is 0 Å². The Morgan fingerprint density at radius 2 is 2.06 bits per heavy atom. The van der Waals surface area contributed by atoms with E-state index in [1.165, 1.54) is 19.3 Å². The molecule has 0 spiro atoms. The minimum atomic E-state index is -0.0361. The molecule has 2 rings (SSSR count). The molecule has 0 aromatic carbocycles. The zero-order valence-electron chi connectivity index (χ0n) is 10.2. The van der Waals surface area contributed by atoms with Crippen LogP contribution in [0.15, 0.2) is 0 Å². The van der Waals surface area contributed by atoms with Crippen LogP contribution in [-0.2, 0) is 9.53 Å². The minimum Gasteiger partial charge on any atom is -0.461 e. The molecule has 2 unspecified atom stereocenters. The van der Waals surface area contributed by atoms with E-state index in [1.54, 1.807) is 0 Å². The molecule has 0 radical (unpaired) electrons. The van der Waals surface area contributed by atoms with Gasteiger partial charge < -0.3 is 10.1 Å². The van der Waals surface area contributed by atoms with E-state index in [4.69, 9.17) is 4.74 Å². The summed E-state index contributed by atoms with van der Waals surface area (Å²) in [5.74, 6) is 0.699. The van der Waals surface area contributed by atoms with Gasteiger partial charge in [-0.05, 0) is 44.6 Å². The third kappa shape index (κ3) is 3.21. The van der Waals surface area contributed by atoms with Crippen LogP contribution in [0.3, 0.4) is 0 Å². The van der Waals surface area contributed by atoms with E-state index >= 15 is 0 Å². The number of esters is 1. The quantitative estimate of drug-likeness (QED) is 0.733. The lowest BCUT2D eigenvalue weighted by molar-refractivity contribution is -0.154. The second kappa shape index (κ2) is 5.67. The molecule has 0 aromatic rings. The fourth-order valence-electron chi connectivity index (χ4n) is 2.78. The zero-order chi connectivity index (χ0) is 11.4. The average molecular weight is 225 g/mol. The lowest BCUT2D eigenvalue weighted by atomic mass is 9.88. The third-order valence-corrected chi connectivity index (χ3v) is 3.77. The molecule has 1 saturated heterocycles. The summed E-state index contributed by atoms with van der Waals surface area (Å²) >= 11 is 0. The summed E-state index contributed by atoms with van der Waals surface area (Å²) in [5, 5.41) is 3.25. The van der Waals surface area contributed by atoms with Crippen molar-refractivity contribution in [1.82, 2.24) is 5.32 Å². The predicted octanol–water partition coefficient (Wildman–Crippen LogP) is 2.25. The van der Waals surface area contributed by atoms with Crippen LogP contribution >= 0.6 is 0 Å². The van der Waals surface area contributed by atoms with E-state index in [0.717, 1.165) is 32.2 Å². The summed E-state index contributed by atoms with van der Waals surface area (Å²) in [6.45, 7) is 3.21. The Bertz CT molecular complexity index is 236. The predicted molar refractivity (Wildman–Crippen MR) is 63.2 cm³/mol. The molecule has 2 aliphatic rings. The first-order chi connectivity index (χ1) is 7.75. The first-order valence-corrected chi connectivity index (χ1v) is 6.69. The van der Waals surface area contributed by atoms with Gasteiger partial charge in [0.25, 0.3) is 0 Å². The standard InChI is InChI=1S/C13H23NO2/c1-10-5-4-6-11(9-10)16-13(15)12-7-2-3-8-14-12/h10-12,14H,2-9H2,1H3/t10?,11?,12-/m1/s1. The monoisotopic (exact) mass is 225 g/mol. The molecule has 1 aliphatic carbocycles. The van der Waals surface area contributed by atoms with Crippen LogP contribution in [0.2, 0.25) is 0 Å². The van der Waals surface area contributed by atoms with Gasteiger partial charge in [-0.2, -0.15) is 0 Å². The molecule has 3 nitrogen and oxygen atoms in total. The lowest BCUT2D eigenvalue weighted by Crippen LogP contribution is -2.43. The molecule has 92 valence electrons. The van der Waals surface area contributed by atoms with Crippen molar-refractivity contribution in [2.45, 2.75) is 64.0 Å². The number of carbonyl (C=O) groups is 1. The third-order valence-electron chi connectivity index (χ3n) is 3.77. The van der Waals surface area contributed by atoms with E-state index in [2.05, 4.69) is 12.2 Å². The molecule has 3 heteroatoms. The Labute approximate surface area is 97.9 Å². The van der Waals surface area contributed by atoms with Crippen LogP contribution in [0.25, 0.3) is 0 Å². The maximum atomic E-state index is 11.9. The fraction of sp³-hybridized carbons (Fsp3) is 0.923. The highest BCUT2D eigenvalue weighted by atomic mass is 16.5. The molecule has 1 N–H and O–H groups in total. The average Bonchev–Trinajstić information content (AvgIpc) is 2.30. The SMILES string of the molecule is CC1CCCC(OC(=O)[C@H]2CCCCN2)C1. The van der Waals surface area contributed by atoms with Gasteiger partial charge in [0, 0.05) is 0 Å². The molecule has 1 aliphatic heterocycles. The summed E-state index contributed by atoms with van der Waals surface area (Å²) < 4.78 is 5.60. The first-order valence-electron chi connectivity index (χ1n) is 6.69. The van der Waals surface area contributed by atoms with Crippen molar-refractivity contribution in [2.75, 3.05) is 6.54 Å². The van der Waals surface area contributed by atoms with E-state index in [-0.39, 0.29) is 18.1 Å².